The van der Waals surface area contributed by atoms with Gasteiger partial charge in [0.2, 0.25) is 5.88 Å². The lowest BCUT2D eigenvalue weighted by molar-refractivity contribution is -0.138. The highest BCUT2D eigenvalue weighted by molar-refractivity contribution is 9.10. The molecule has 0 saturated heterocycles. The normalized spacial score (nSPS) is 11.6. The smallest absolute Gasteiger partial charge is 0.418 e. The molecule has 2 aromatic rings. The molecule has 1 aromatic heterocycles. The van der Waals surface area contributed by atoms with Crippen molar-refractivity contribution in [3.05, 3.63) is 51.1 Å². The van der Waals surface area contributed by atoms with E-state index >= 15 is 0 Å². The molecule has 0 unspecified atom stereocenters. The van der Waals surface area contributed by atoms with E-state index in [1.165, 1.54) is 19.9 Å². The van der Waals surface area contributed by atoms with Gasteiger partial charge in [-0.1, -0.05) is 0 Å². The maximum Gasteiger partial charge on any atom is 0.418 e. The molecule has 0 aliphatic carbocycles. The van der Waals surface area contributed by atoms with E-state index < -0.39 is 23.4 Å². The monoisotopic (exact) mass is 381 g/mol. The van der Waals surface area contributed by atoms with Crippen molar-refractivity contribution in [2.75, 3.05) is 0 Å². The first-order valence-electron chi connectivity index (χ1n) is 5.98. The molecule has 1 aromatic carbocycles. The van der Waals surface area contributed by atoms with Crippen molar-refractivity contribution in [1.82, 2.24) is 4.98 Å². The maximum absolute atomic E-state index is 13.5. The summed E-state index contributed by atoms with van der Waals surface area (Å²) in [6, 6.07) is 2.87. The Balaban J connectivity index is 2.44. The minimum Gasteiger partial charge on any atom is -0.437 e. The Kier molecular flexibility index (Phi) is 4.42. The first-order chi connectivity index (χ1) is 10.1. The zero-order valence-corrected chi connectivity index (χ0v) is 12.9. The third-order valence-corrected chi connectivity index (χ3v) is 3.50. The Labute approximate surface area is 131 Å². The minimum absolute atomic E-state index is 0.0359. The SMILES string of the molecule is Cc1nc(Oc2ccc(F)c(F)c2C)c(Br)cc1C(F)(F)F. The third kappa shape index (κ3) is 3.21. The van der Waals surface area contributed by atoms with Crippen LogP contribution >= 0.6 is 15.9 Å². The summed E-state index contributed by atoms with van der Waals surface area (Å²) in [7, 11) is 0. The number of nitrogens with zero attached hydrogens (tertiary/aromatic N) is 1. The van der Waals surface area contributed by atoms with Crippen molar-refractivity contribution in [2.45, 2.75) is 20.0 Å². The zero-order valence-electron chi connectivity index (χ0n) is 11.4. The molecule has 1 heterocycles. The van der Waals surface area contributed by atoms with Crippen LogP contribution in [0.5, 0.6) is 11.6 Å². The first-order valence-corrected chi connectivity index (χ1v) is 6.77. The van der Waals surface area contributed by atoms with E-state index in [1.54, 1.807) is 0 Å². The highest BCUT2D eigenvalue weighted by Gasteiger charge is 2.34. The molecule has 0 spiro atoms. The lowest BCUT2D eigenvalue weighted by atomic mass is 10.2. The van der Waals surface area contributed by atoms with E-state index in [0.29, 0.717) is 0 Å². The number of benzene rings is 1. The summed E-state index contributed by atoms with van der Waals surface area (Å²) >= 11 is 2.93. The molecule has 8 heteroatoms. The van der Waals surface area contributed by atoms with Crippen molar-refractivity contribution < 1.29 is 26.7 Å². The number of ether oxygens (including phenoxy) is 1. The van der Waals surface area contributed by atoms with Crippen molar-refractivity contribution in [1.29, 1.82) is 0 Å². The number of pyridine rings is 1. The Morgan fingerprint density at radius 2 is 1.77 bits per heavy atom. The van der Waals surface area contributed by atoms with Crippen LogP contribution in [0.4, 0.5) is 22.0 Å². The van der Waals surface area contributed by atoms with E-state index in [2.05, 4.69) is 20.9 Å². The van der Waals surface area contributed by atoms with Gasteiger partial charge in [0.05, 0.1) is 15.7 Å². The molecule has 0 fully saturated rings. The molecule has 2 rings (SSSR count). The van der Waals surface area contributed by atoms with Gasteiger partial charge in [-0.05, 0) is 48.0 Å². The maximum atomic E-state index is 13.5. The highest BCUT2D eigenvalue weighted by Crippen LogP contribution is 2.37. The van der Waals surface area contributed by atoms with Crippen LogP contribution in [0.3, 0.4) is 0 Å². The lowest BCUT2D eigenvalue weighted by Gasteiger charge is -2.14. The second-order valence-electron chi connectivity index (χ2n) is 4.49. The van der Waals surface area contributed by atoms with E-state index in [9.17, 15) is 22.0 Å². The fourth-order valence-corrected chi connectivity index (χ4v) is 2.16. The fraction of sp³-hybridized carbons (Fsp3) is 0.214. The zero-order chi connectivity index (χ0) is 16.7. The summed E-state index contributed by atoms with van der Waals surface area (Å²) < 4.78 is 70.0. The van der Waals surface area contributed by atoms with Crippen LogP contribution in [0.2, 0.25) is 0 Å². The van der Waals surface area contributed by atoms with Gasteiger partial charge in [-0.25, -0.2) is 13.8 Å². The van der Waals surface area contributed by atoms with Crippen LogP contribution < -0.4 is 4.74 Å². The molecule has 0 bridgehead atoms. The molecule has 118 valence electrons. The fourth-order valence-electron chi connectivity index (χ4n) is 1.77. The van der Waals surface area contributed by atoms with E-state index in [-0.39, 0.29) is 27.4 Å². The van der Waals surface area contributed by atoms with E-state index in [0.717, 1.165) is 12.1 Å². The molecule has 22 heavy (non-hydrogen) atoms. The Bertz CT molecular complexity index is 730. The van der Waals surface area contributed by atoms with Gasteiger partial charge in [-0.2, -0.15) is 13.2 Å². The predicted octanol–water partition coefficient (Wildman–Crippen LogP) is 5.55. The lowest BCUT2D eigenvalue weighted by Crippen LogP contribution is -2.09. The average molecular weight is 382 g/mol. The van der Waals surface area contributed by atoms with Gasteiger partial charge in [-0.3, -0.25) is 0 Å². The molecule has 0 aliphatic heterocycles. The van der Waals surface area contributed by atoms with Crippen molar-refractivity contribution in [3.8, 4) is 11.6 Å². The minimum atomic E-state index is -4.55. The standard InChI is InChI=1S/C14H9BrF5NO/c1-6-11(4-3-10(16)12(6)17)22-13-9(15)5-8(7(2)21-13)14(18,19)20/h3-5H,1-2H3. The van der Waals surface area contributed by atoms with Crippen LogP contribution in [0.15, 0.2) is 22.7 Å². The number of rotatable bonds is 2. The van der Waals surface area contributed by atoms with Crippen molar-refractivity contribution in [3.63, 3.8) is 0 Å². The number of hydrogen-bond acceptors (Lipinski definition) is 2. The largest absolute Gasteiger partial charge is 0.437 e. The second-order valence-corrected chi connectivity index (χ2v) is 5.35. The number of aromatic nitrogens is 1. The Hall–Kier alpha value is -1.70. The van der Waals surface area contributed by atoms with Crippen molar-refractivity contribution in [2.24, 2.45) is 0 Å². The van der Waals surface area contributed by atoms with Gasteiger partial charge in [0.25, 0.3) is 0 Å². The van der Waals surface area contributed by atoms with Gasteiger partial charge < -0.3 is 4.74 Å². The quantitative estimate of drug-likeness (QED) is 0.636. The van der Waals surface area contributed by atoms with Gasteiger partial charge in [0.1, 0.15) is 5.75 Å². The molecule has 0 N–H and O–H groups in total. The van der Waals surface area contributed by atoms with Gasteiger partial charge in [0.15, 0.2) is 11.6 Å². The van der Waals surface area contributed by atoms with E-state index in [4.69, 9.17) is 4.74 Å². The topological polar surface area (TPSA) is 22.1 Å². The molecular weight excluding hydrogens is 373 g/mol. The third-order valence-electron chi connectivity index (χ3n) is 2.94. The van der Waals surface area contributed by atoms with Crippen LogP contribution in [0.1, 0.15) is 16.8 Å². The van der Waals surface area contributed by atoms with Gasteiger partial charge in [-0.15, -0.1) is 0 Å². The summed E-state index contributed by atoms with van der Waals surface area (Å²) in [5.41, 5.74) is -1.30. The summed E-state index contributed by atoms with van der Waals surface area (Å²) in [4.78, 5) is 3.72. The van der Waals surface area contributed by atoms with Gasteiger partial charge in [0, 0.05) is 5.56 Å². The molecule has 0 atom stereocenters. The molecule has 0 aliphatic rings. The summed E-state index contributed by atoms with van der Waals surface area (Å²) in [5, 5.41) is 0. The van der Waals surface area contributed by atoms with Gasteiger partial charge >= 0.3 is 6.18 Å². The second kappa shape index (κ2) is 5.83. The number of hydrogen-bond donors (Lipinski definition) is 0. The van der Waals surface area contributed by atoms with Crippen LogP contribution in [-0.4, -0.2) is 4.98 Å². The molecular formula is C14H9BrF5NO. The molecule has 0 saturated carbocycles. The van der Waals surface area contributed by atoms with E-state index in [1.807, 2.05) is 0 Å². The molecule has 0 amide bonds. The molecule has 2 nitrogen and oxygen atoms in total. The number of alkyl halides is 3. The number of halogens is 6. The summed E-state index contributed by atoms with van der Waals surface area (Å²) in [6.07, 6.45) is -4.55. The number of aryl methyl sites for hydroxylation is 1. The summed E-state index contributed by atoms with van der Waals surface area (Å²) in [6.45, 7) is 2.47. The van der Waals surface area contributed by atoms with Crippen LogP contribution in [0, 0.1) is 25.5 Å². The average Bonchev–Trinajstić information content (AvgIpc) is 2.41. The predicted molar refractivity (Wildman–Crippen MR) is 72.8 cm³/mol. The summed E-state index contributed by atoms with van der Waals surface area (Å²) in [5.74, 6) is -2.33. The Morgan fingerprint density at radius 3 is 2.36 bits per heavy atom. The van der Waals surface area contributed by atoms with Crippen LogP contribution in [0.25, 0.3) is 0 Å². The Morgan fingerprint density at radius 1 is 1.14 bits per heavy atom. The first kappa shape index (κ1) is 16.7. The highest BCUT2D eigenvalue weighted by atomic mass is 79.9. The molecule has 0 radical (unpaired) electrons. The van der Waals surface area contributed by atoms with Crippen molar-refractivity contribution >= 4 is 15.9 Å². The van der Waals surface area contributed by atoms with Crippen LogP contribution in [-0.2, 0) is 6.18 Å².